The third-order valence-electron chi connectivity index (χ3n) is 6.39. The van der Waals surface area contributed by atoms with Gasteiger partial charge in [0.2, 0.25) is 0 Å². The molecule has 4 aromatic heterocycles. The van der Waals surface area contributed by atoms with Crippen molar-refractivity contribution in [3.8, 4) is 27.7 Å². The van der Waals surface area contributed by atoms with Crippen LogP contribution in [0.4, 0.5) is 0 Å². The number of fused-ring (bicyclic) bond motifs is 1. The number of hydrogen-bond acceptors (Lipinski definition) is 7. The second kappa shape index (κ2) is 8.63. The maximum atomic E-state index is 5.55. The van der Waals surface area contributed by atoms with Crippen LogP contribution in [0.2, 0.25) is 0 Å². The lowest BCUT2D eigenvalue weighted by molar-refractivity contribution is 0.223. The SMILES string of the molecule is CCN1CCC(c2cnc(-c3[nH]nc(-c4cc(OC)c5ncnn5c4)c3C(C)C)s2)CC1. The molecule has 1 aliphatic rings. The Morgan fingerprint density at radius 1 is 1.25 bits per heavy atom. The summed E-state index contributed by atoms with van der Waals surface area (Å²) in [7, 11) is 1.65. The fourth-order valence-electron chi connectivity index (χ4n) is 4.60. The lowest BCUT2D eigenvalue weighted by atomic mass is 9.96. The van der Waals surface area contributed by atoms with E-state index in [4.69, 9.17) is 14.8 Å². The minimum absolute atomic E-state index is 0.274. The number of pyridine rings is 1. The summed E-state index contributed by atoms with van der Waals surface area (Å²) >= 11 is 1.80. The van der Waals surface area contributed by atoms with Crippen molar-refractivity contribution in [1.29, 1.82) is 0 Å². The number of methoxy groups -OCH3 is 1. The molecular weight excluding hydrogens is 422 g/mol. The highest BCUT2D eigenvalue weighted by Gasteiger charge is 2.25. The Morgan fingerprint density at radius 3 is 2.78 bits per heavy atom. The van der Waals surface area contributed by atoms with Crippen LogP contribution in [-0.2, 0) is 0 Å². The molecule has 0 atom stereocenters. The first-order chi connectivity index (χ1) is 15.6. The molecule has 168 valence electrons. The van der Waals surface area contributed by atoms with Gasteiger partial charge >= 0.3 is 0 Å². The molecule has 0 saturated carbocycles. The quantitative estimate of drug-likeness (QED) is 0.462. The average Bonchev–Trinajstić information content (AvgIpc) is 3.57. The minimum Gasteiger partial charge on any atom is -0.493 e. The van der Waals surface area contributed by atoms with Crippen LogP contribution in [0.25, 0.3) is 27.6 Å². The third-order valence-corrected chi connectivity index (χ3v) is 7.57. The highest BCUT2D eigenvalue weighted by molar-refractivity contribution is 7.15. The summed E-state index contributed by atoms with van der Waals surface area (Å²) in [4.78, 5) is 13.0. The molecule has 32 heavy (non-hydrogen) atoms. The predicted molar refractivity (Wildman–Crippen MR) is 126 cm³/mol. The maximum absolute atomic E-state index is 5.55. The minimum atomic E-state index is 0.274. The van der Waals surface area contributed by atoms with Gasteiger partial charge in [0, 0.05) is 28.4 Å². The van der Waals surface area contributed by atoms with Crippen LogP contribution < -0.4 is 4.74 Å². The molecular formula is C23H29N7OS. The average molecular weight is 452 g/mol. The number of hydrogen-bond donors (Lipinski definition) is 1. The Balaban J connectivity index is 1.50. The third kappa shape index (κ3) is 3.69. The molecule has 9 heteroatoms. The highest BCUT2D eigenvalue weighted by Crippen LogP contribution is 2.40. The molecule has 1 saturated heterocycles. The number of aromatic nitrogens is 6. The molecule has 0 bridgehead atoms. The number of thiazole rings is 1. The molecule has 8 nitrogen and oxygen atoms in total. The van der Waals surface area contributed by atoms with Crippen LogP contribution in [0.3, 0.4) is 0 Å². The Hall–Kier alpha value is -2.78. The van der Waals surface area contributed by atoms with Gasteiger partial charge in [0.15, 0.2) is 11.4 Å². The standard InChI is InChI=1S/C23H29N7OS/c1-5-29-8-6-15(7-9-29)18-11-24-23(32-18)21-19(14(2)3)20(27-28-21)16-10-17(31-4)22-25-13-26-30(22)12-16/h10-15H,5-9H2,1-4H3,(H,27,28). The van der Waals surface area contributed by atoms with Crippen LogP contribution >= 0.6 is 11.3 Å². The monoisotopic (exact) mass is 451 g/mol. The molecule has 1 fully saturated rings. The van der Waals surface area contributed by atoms with Gasteiger partial charge in [-0.05, 0) is 50.4 Å². The summed E-state index contributed by atoms with van der Waals surface area (Å²) in [5.41, 5.74) is 4.70. The molecule has 0 aromatic carbocycles. The fraction of sp³-hybridized carbons (Fsp3) is 0.478. The molecule has 0 aliphatic carbocycles. The summed E-state index contributed by atoms with van der Waals surface area (Å²) in [5.74, 6) is 1.55. The molecule has 5 rings (SSSR count). The largest absolute Gasteiger partial charge is 0.493 e. The zero-order valence-electron chi connectivity index (χ0n) is 19.0. The molecule has 5 heterocycles. The van der Waals surface area contributed by atoms with Crippen molar-refractivity contribution in [2.24, 2.45) is 0 Å². The van der Waals surface area contributed by atoms with E-state index in [-0.39, 0.29) is 5.92 Å². The van der Waals surface area contributed by atoms with Crippen molar-refractivity contribution in [1.82, 2.24) is 34.7 Å². The summed E-state index contributed by atoms with van der Waals surface area (Å²) in [6, 6.07) is 1.98. The molecule has 1 N–H and O–H groups in total. The number of likely N-dealkylation sites (tertiary alicyclic amines) is 1. The van der Waals surface area contributed by atoms with Crippen molar-refractivity contribution >= 4 is 17.0 Å². The topological polar surface area (TPSA) is 84.2 Å². The van der Waals surface area contributed by atoms with Gasteiger partial charge in [0.1, 0.15) is 11.3 Å². The first kappa shape index (κ1) is 21.1. The smallest absolute Gasteiger partial charge is 0.197 e. The number of ether oxygens (including phenoxy) is 1. The Morgan fingerprint density at radius 2 is 2.06 bits per heavy atom. The second-order valence-electron chi connectivity index (χ2n) is 8.62. The highest BCUT2D eigenvalue weighted by atomic mass is 32.1. The van der Waals surface area contributed by atoms with Crippen LogP contribution in [0, 0.1) is 0 Å². The van der Waals surface area contributed by atoms with Crippen LogP contribution in [-0.4, -0.2) is 61.4 Å². The Labute approximate surface area is 191 Å². The van der Waals surface area contributed by atoms with Gasteiger partial charge in [0.05, 0.1) is 18.5 Å². The van der Waals surface area contributed by atoms with E-state index in [2.05, 4.69) is 47.0 Å². The molecule has 0 radical (unpaired) electrons. The van der Waals surface area contributed by atoms with E-state index in [9.17, 15) is 0 Å². The zero-order chi connectivity index (χ0) is 22.2. The van der Waals surface area contributed by atoms with Gasteiger partial charge in [-0.1, -0.05) is 20.8 Å². The van der Waals surface area contributed by atoms with Gasteiger partial charge in [-0.3, -0.25) is 5.10 Å². The van der Waals surface area contributed by atoms with Crippen LogP contribution in [0.1, 0.15) is 55.9 Å². The van der Waals surface area contributed by atoms with Crippen LogP contribution in [0.5, 0.6) is 5.75 Å². The molecule has 0 unspecified atom stereocenters. The van der Waals surface area contributed by atoms with E-state index in [0.717, 1.165) is 34.1 Å². The van der Waals surface area contributed by atoms with Gasteiger partial charge < -0.3 is 9.64 Å². The number of aromatic amines is 1. The number of rotatable bonds is 6. The summed E-state index contributed by atoms with van der Waals surface area (Å²) in [5, 5.41) is 13.3. The number of piperidine rings is 1. The van der Waals surface area contributed by atoms with Gasteiger partial charge in [-0.15, -0.1) is 11.3 Å². The van der Waals surface area contributed by atoms with Crippen molar-refractivity contribution < 1.29 is 4.74 Å². The lowest BCUT2D eigenvalue weighted by Crippen LogP contribution is -2.32. The second-order valence-corrected chi connectivity index (χ2v) is 9.68. The van der Waals surface area contributed by atoms with Crippen molar-refractivity contribution in [2.45, 2.75) is 45.4 Å². The van der Waals surface area contributed by atoms with Crippen molar-refractivity contribution in [3.63, 3.8) is 0 Å². The fourth-order valence-corrected chi connectivity index (χ4v) is 5.69. The number of nitrogens with zero attached hydrogens (tertiary/aromatic N) is 6. The Kier molecular flexibility index (Phi) is 5.69. The van der Waals surface area contributed by atoms with E-state index in [1.54, 1.807) is 23.0 Å². The normalized spacial score (nSPS) is 15.8. The predicted octanol–water partition coefficient (Wildman–Crippen LogP) is 4.57. The van der Waals surface area contributed by atoms with Crippen LogP contribution in [0.15, 0.2) is 24.8 Å². The molecule has 1 aliphatic heterocycles. The van der Waals surface area contributed by atoms with E-state index in [1.165, 1.54) is 37.1 Å². The number of nitrogens with one attached hydrogen (secondary N) is 1. The molecule has 0 spiro atoms. The summed E-state index contributed by atoms with van der Waals surface area (Å²) < 4.78 is 7.28. The van der Waals surface area contributed by atoms with Gasteiger partial charge in [-0.2, -0.15) is 10.2 Å². The molecule has 4 aromatic rings. The first-order valence-corrected chi connectivity index (χ1v) is 12.0. The van der Waals surface area contributed by atoms with Crippen molar-refractivity contribution in [3.05, 3.63) is 35.2 Å². The maximum Gasteiger partial charge on any atom is 0.197 e. The van der Waals surface area contributed by atoms with E-state index >= 15 is 0 Å². The van der Waals surface area contributed by atoms with Gasteiger partial charge in [0.25, 0.3) is 0 Å². The summed E-state index contributed by atoms with van der Waals surface area (Å²) in [6.07, 6.45) is 7.97. The summed E-state index contributed by atoms with van der Waals surface area (Å²) in [6.45, 7) is 10.1. The Bertz CT molecular complexity index is 1220. The zero-order valence-corrected chi connectivity index (χ0v) is 19.8. The van der Waals surface area contributed by atoms with E-state index < -0.39 is 0 Å². The lowest BCUT2D eigenvalue weighted by Gasteiger charge is -2.30. The molecule has 0 amide bonds. The van der Waals surface area contributed by atoms with Gasteiger partial charge in [-0.25, -0.2) is 14.5 Å². The van der Waals surface area contributed by atoms with E-state index in [1.807, 2.05) is 12.3 Å². The number of H-pyrrole nitrogens is 1. The van der Waals surface area contributed by atoms with E-state index in [0.29, 0.717) is 17.3 Å². The first-order valence-electron chi connectivity index (χ1n) is 11.2. The van der Waals surface area contributed by atoms with Crippen molar-refractivity contribution in [2.75, 3.05) is 26.7 Å².